The Labute approximate surface area is 157 Å². The number of fused-ring (bicyclic) bond motifs is 1. The molecule has 0 fully saturated rings. The number of likely N-dealkylation sites (N-methyl/N-ethyl adjacent to an activating group) is 1. The Morgan fingerprint density at radius 1 is 1.11 bits per heavy atom. The molecule has 0 unspecified atom stereocenters. The van der Waals surface area contributed by atoms with Crippen LogP contribution in [0.2, 0.25) is 0 Å². The van der Waals surface area contributed by atoms with Crippen molar-refractivity contribution in [2.24, 2.45) is 0 Å². The van der Waals surface area contributed by atoms with E-state index in [9.17, 15) is 22.8 Å². The fourth-order valence-corrected chi connectivity index (χ4v) is 2.69. The zero-order valence-electron chi connectivity index (χ0n) is 14.7. The average Bonchev–Trinajstić information content (AvgIpc) is 3.13. The number of hydrogen-bond acceptors (Lipinski definition) is 4. The Balaban J connectivity index is 1.74. The van der Waals surface area contributed by atoms with Gasteiger partial charge in [0, 0.05) is 12.1 Å². The molecule has 0 saturated heterocycles. The van der Waals surface area contributed by atoms with Crippen LogP contribution >= 0.6 is 0 Å². The van der Waals surface area contributed by atoms with E-state index in [4.69, 9.17) is 0 Å². The number of nitrogens with one attached hydrogen (secondary N) is 2. The Bertz CT molecular complexity index is 1020. The van der Waals surface area contributed by atoms with E-state index in [0.717, 1.165) is 12.1 Å². The standard InChI is InChI=1S/C18H16F3N5O2/c1-2-26(17(28)11-7-8-14-15(9-11)24-25-23-14)10-16(27)22-13-6-4-3-5-12(13)18(19,20)21/h3-9H,2,10H2,1H3,(H,22,27)(H,23,24,25). The number of carbonyl (C=O) groups excluding carboxylic acids is 2. The van der Waals surface area contributed by atoms with Crippen LogP contribution in [-0.4, -0.2) is 45.2 Å². The second kappa shape index (κ2) is 7.67. The highest BCUT2D eigenvalue weighted by Crippen LogP contribution is 2.34. The predicted molar refractivity (Wildman–Crippen MR) is 95.5 cm³/mol. The number of hydrogen-bond donors (Lipinski definition) is 2. The molecule has 2 amide bonds. The largest absolute Gasteiger partial charge is 0.418 e. The molecule has 0 bridgehead atoms. The van der Waals surface area contributed by atoms with Crippen LogP contribution in [0.3, 0.4) is 0 Å². The lowest BCUT2D eigenvalue weighted by molar-refractivity contribution is -0.137. The third-order valence-corrected chi connectivity index (χ3v) is 4.07. The third kappa shape index (κ3) is 4.11. The number of alkyl halides is 3. The van der Waals surface area contributed by atoms with Crippen LogP contribution in [0, 0.1) is 0 Å². The summed E-state index contributed by atoms with van der Waals surface area (Å²) in [5.74, 6) is -1.17. The van der Waals surface area contributed by atoms with Gasteiger partial charge >= 0.3 is 6.18 Å². The molecule has 0 aliphatic heterocycles. The molecule has 2 N–H and O–H groups in total. The number of H-pyrrole nitrogens is 1. The molecule has 7 nitrogen and oxygen atoms in total. The zero-order chi connectivity index (χ0) is 20.3. The van der Waals surface area contributed by atoms with Gasteiger partial charge < -0.3 is 10.2 Å². The first-order chi connectivity index (χ1) is 13.3. The first-order valence-corrected chi connectivity index (χ1v) is 8.35. The van der Waals surface area contributed by atoms with Crippen LogP contribution < -0.4 is 5.32 Å². The van der Waals surface area contributed by atoms with Crippen molar-refractivity contribution in [2.75, 3.05) is 18.4 Å². The lowest BCUT2D eigenvalue weighted by Gasteiger charge is -2.21. The van der Waals surface area contributed by atoms with E-state index in [2.05, 4.69) is 20.7 Å². The maximum absolute atomic E-state index is 13.0. The van der Waals surface area contributed by atoms with Crippen molar-refractivity contribution < 1.29 is 22.8 Å². The van der Waals surface area contributed by atoms with Gasteiger partial charge in [-0.2, -0.15) is 28.6 Å². The molecule has 10 heteroatoms. The summed E-state index contributed by atoms with van der Waals surface area (Å²) in [4.78, 5) is 26.2. The Hall–Kier alpha value is -3.43. The minimum absolute atomic E-state index is 0.198. The number of amides is 2. The van der Waals surface area contributed by atoms with Crippen molar-refractivity contribution in [2.45, 2.75) is 13.1 Å². The van der Waals surface area contributed by atoms with E-state index in [0.29, 0.717) is 16.6 Å². The van der Waals surface area contributed by atoms with Gasteiger partial charge in [-0.15, -0.1) is 0 Å². The summed E-state index contributed by atoms with van der Waals surface area (Å²) in [7, 11) is 0. The topological polar surface area (TPSA) is 91.0 Å². The third-order valence-electron chi connectivity index (χ3n) is 4.07. The molecule has 0 aliphatic rings. The molecule has 146 valence electrons. The van der Waals surface area contributed by atoms with Gasteiger partial charge in [-0.25, -0.2) is 0 Å². The minimum atomic E-state index is -4.60. The number of benzene rings is 2. The quantitative estimate of drug-likeness (QED) is 0.699. The maximum Gasteiger partial charge on any atom is 0.418 e. The van der Waals surface area contributed by atoms with E-state index in [-0.39, 0.29) is 12.2 Å². The molecule has 1 heterocycles. The number of carbonyl (C=O) groups is 2. The van der Waals surface area contributed by atoms with E-state index in [1.165, 1.54) is 23.1 Å². The van der Waals surface area contributed by atoms with Crippen molar-refractivity contribution in [3.8, 4) is 0 Å². The minimum Gasteiger partial charge on any atom is -0.330 e. The van der Waals surface area contributed by atoms with Gasteiger partial charge in [0.05, 0.1) is 11.3 Å². The van der Waals surface area contributed by atoms with Crippen molar-refractivity contribution in [3.05, 3.63) is 53.6 Å². The number of halogens is 3. The Morgan fingerprint density at radius 2 is 1.82 bits per heavy atom. The van der Waals surface area contributed by atoms with Crippen molar-refractivity contribution >= 4 is 28.5 Å². The first kappa shape index (κ1) is 19.3. The highest BCUT2D eigenvalue weighted by atomic mass is 19.4. The fourth-order valence-electron chi connectivity index (χ4n) is 2.69. The molecule has 1 aromatic heterocycles. The normalized spacial score (nSPS) is 11.4. The van der Waals surface area contributed by atoms with Gasteiger partial charge in [0.15, 0.2) is 0 Å². The zero-order valence-corrected chi connectivity index (χ0v) is 14.7. The molecule has 0 radical (unpaired) electrons. The smallest absolute Gasteiger partial charge is 0.330 e. The van der Waals surface area contributed by atoms with E-state index < -0.39 is 30.1 Å². The summed E-state index contributed by atoms with van der Waals surface area (Å²) in [6, 6.07) is 9.36. The van der Waals surface area contributed by atoms with Crippen LogP contribution in [0.5, 0.6) is 0 Å². The highest BCUT2D eigenvalue weighted by molar-refractivity contribution is 6.01. The van der Waals surface area contributed by atoms with Crippen LogP contribution in [0.15, 0.2) is 42.5 Å². The van der Waals surface area contributed by atoms with Gasteiger partial charge in [-0.1, -0.05) is 12.1 Å². The van der Waals surface area contributed by atoms with E-state index >= 15 is 0 Å². The van der Waals surface area contributed by atoms with Gasteiger partial charge in [0.2, 0.25) is 5.91 Å². The average molecular weight is 391 g/mol. The first-order valence-electron chi connectivity index (χ1n) is 8.35. The number of nitrogens with zero attached hydrogens (tertiary/aromatic N) is 3. The fraction of sp³-hybridized carbons (Fsp3) is 0.222. The Morgan fingerprint density at radius 3 is 2.54 bits per heavy atom. The van der Waals surface area contributed by atoms with Crippen LogP contribution in [0.25, 0.3) is 11.0 Å². The molecule has 0 aliphatic carbocycles. The molecular formula is C18H16F3N5O2. The molecule has 0 saturated carbocycles. The highest BCUT2D eigenvalue weighted by Gasteiger charge is 2.33. The monoisotopic (exact) mass is 391 g/mol. The van der Waals surface area contributed by atoms with E-state index in [1.54, 1.807) is 19.1 Å². The maximum atomic E-state index is 13.0. The predicted octanol–water partition coefficient (Wildman–Crippen LogP) is 3.08. The number of aromatic amines is 1. The Kier molecular flexibility index (Phi) is 5.30. The molecule has 2 aromatic carbocycles. The summed E-state index contributed by atoms with van der Waals surface area (Å²) in [6.07, 6.45) is -4.60. The lowest BCUT2D eigenvalue weighted by atomic mass is 10.1. The molecular weight excluding hydrogens is 375 g/mol. The number of aromatic nitrogens is 3. The summed E-state index contributed by atoms with van der Waals surface area (Å²) in [5.41, 5.74) is 0.0695. The lowest BCUT2D eigenvalue weighted by Crippen LogP contribution is -2.38. The summed E-state index contributed by atoms with van der Waals surface area (Å²) < 4.78 is 39.1. The summed E-state index contributed by atoms with van der Waals surface area (Å²) in [5, 5.41) is 12.5. The summed E-state index contributed by atoms with van der Waals surface area (Å²) >= 11 is 0. The molecule has 3 aromatic rings. The second-order valence-electron chi connectivity index (χ2n) is 5.94. The van der Waals surface area contributed by atoms with Gasteiger partial charge in [0.1, 0.15) is 17.6 Å². The number of anilines is 1. The van der Waals surface area contributed by atoms with Crippen molar-refractivity contribution in [3.63, 3.8) is 0 Å². The number of rotatable bonds is 5. The van der Waals surface area contributed by atoms with Crippen LogP contribution in [0.4, 0.5) is 18.9 Å². The van der Waals surface area contributed by atoms with Crippen LogP contribution in [-0.2, 0) is 11.0 Å². The van der Waals surface area contributed by atoms with Crippen molar-refractivity contribution in [1.82, 2.24) is 20.3 Å². The van der Waals surface area contributed by atoms with Gasteiger partial charge in [0.25, 0.3) is 5.91 Å². The van der Waals surface area contributed by atoms with Gasteiger partial charge in [-0.05, 0) is 37.3 Å². The second-order valence-corrected chi connectivity index (χ2v) is 5.94. The van der Waals surface area contributed by atoms with Gasteiger partial charge in [-0.3, -0.25) is 9.59 Å². The molecule has 28 heavy (non-hydrogen) atoms. The number of para-hydroxylation sites is 1. The summed E-state index contributed by atoms with van der Waals surface area (Å²) in [6.45, 7) is 1.48. The molecule has 0 atom stereocenters. The van der Waals surface area contributed by atoms with Crippen molar-refractivity contribution in [1.29, 1.82) is 0 Å². The molecule has 0 spiro atoms. The SMILES string of the molecule is CCN(CC(=O)Nc1ccccc1C(F)(F)F)C(=O)c1ccc2n[nH]nc2c1. The van der Waals surface area contributed by atoms with Crippen LogP contribution in [0.1, 0.15) is 22.8 Å². The molecule has 3 rings (SSSR count). The van der Waals surface area contributed by atoms with E-state index in [1.807, 2.05) is 0 Å².